The molecule has 9 rings (SSSR count). The molecule has 0 spiro atoms. The molecule has 1 aromatic heterocycles. The van der Waals surface area contributed by atoms with E-state index in [2.05, 4.69) is 48.4 Å². The van der Waals surface area contributed by atoms with Gasteiger partial charge < -0.3 is 29.7 Å². The molecule has 3 saturated carbocycles. The number of hydrogen-bond acceptors (Lipinski definition) is 8. The van der Waals surface area contributed by atoms with Crippen molar-refractivity contribution in [2.75, 3.05) is 36.4 Å². The first-order chi connectivity index (χ1) is 27.0. The lowest BCUT2D eigenvalue weighted by molar-refractivity contribution is -0.199. The Morgan fingerprint density at radius 1 is 1.02 bits per heavy atom. The summed E-state index contributed by atoms with van der Waals surface area (Å²) in [6.45, 7) is 12.9. The topological polar surface area (TPSA) is 118 Å². The highest BCUT2D eigenvalue weighted by Gasteiger charge is 2.68. The van der Waals surface area contributed by atoms with E-state index < -0.39 is 53.3 Å². The standard InChI is InChI=1S/C42H52BF3N6O5/c1-6-34(43-56-33-21-28-20-32(39(28,2)3)41(33,5)57-43)49-36(54)31-22-40(4,23-35(53)51-17-15-50(16-18-51)29-13-8-7-9-14-29)38-48-25-30(37(55)52(31)38)47-24-26-11-10-12-27(19-26)42(44,45)46/h7-14,19,25,28,31-34,47H,6,15-18,20-24H2,1-5H3,(H,49,54)/t28-,31-,32-,33+,34-,40-,41-/m0/s1. The van der Waals surface area contributed by atoms with E-state index in [0.717, 1.165) is 30.7 Å². The number of para-hydroxylation sites is 1. The van der Waals surface area contributed by atoms with Crippen molar-refractivity contribution >= 4 is 30.3 Å². The number of rotatable bonds is 10. The highest BCUT2D eigenvalue weighted by Crippen LogP contribution is 2.65. The fourth-order valence-corrected chi connectivity index (χ4v) is 10.4. The van der Waals surface area contributed by atoms with Gasteiger partial charge in [-0.05, 0) is 79.7 Å². The Balaban J connectivity index is 1.03. The number of piperazine rings is 1. The third kappa shape index (κ3) is 7.02. The van der Waals surface area contributed by atoms with E-state index in [-0.39, 0.29) is 42.5 Å². The van der Waals surface area contributed by atoms with Crippen LogP contribution in [0.1, 0.15) is 89.7 Å². The Morgan fingerprint density at radius 3 is 2.44 bits per heavy atom. The summed E-state index contributed by atoms with van der Waals surface area (Å²) in [6, 6.07) is 13.9. The summed E-state index contributed by atoms with van der Waals surface area (Å²) in [5.41, 5.74) is -1.15. The quantitative estimate of drug-likeness (QED) is 0.241. The first-order valence-corrected chi connectivity index (χ1v) is 20.3. The number of alkyl halides is 3. The predicted molar refractivity (Wildman–Crippen MR) is 210 cm³/mol. The van der Waals surface area contributed by atoms with Crippen LogP contribution >= 0.6 is 0 Å². The van der Waals surface area contributed by atoms with Crippen molar-refractivity contribution in [3.8, 4) is 0 Å². The number of benzene rings is 2. The molecule has 2 N–H and O–H groups in total. The molecule has 2 saturated heterocycles. The second-order valence-electron chi connectivity index (χ2n) is 17.7. The van der Waals surface area contributed by atoms with Crippen molar-refractivity contribution in [3.05, 3.63) is 88.1 Å². The summed E-state index contributed by atoms with van der Waals surface area (Å²) in [6.07, 6.45) is -0.524. The van der Waals surface area contributed by atoms with Crippen LogP contribution in [0.2, 0.25) is 0 Å². The normalized spacial score (nSPS) is 29.3. The van der Waals surface area contributed by atoms with Crippen molar-refractivity contribution in [2.45, 2.75) is 109 Å². The summed E-state index contributed by atoms with van der Waals surface area (Å²) in [5, 5.41) is 6.13. The predicted octanol–water partition coefficient (Wildman–Crippen LogP) is 5.98. The lowest BCUT2D eigenvalue weighted by Gasteiger charge is -2.64. The second kappa shape index (κ2) is 14.5. The molecule has 3 aliphatic carbocycles. The zero-order chi connectivity index (χ0) is 40.5. The van der Waals surface area contributed by atoms with E-state index in [1.54, 1.807) is 0 Å². The lowest BCUT2D eigenvalue weighted by Crippen LogP contribution is -2.65. The van der Waals surface area contributed by atoms with E-state index >= 15 is 0 Å². The van der Waals surface area contributed by atoms with Crippen molar-refractivity contribution < 1.29 is 32.1 Å². The lowest BCUT2D eigenvalue weighted by atomic mass is 9.43. The van der Waals surface area contributed by atoms with Gasteiger partial charge in [-0.2, -0.15) is 13.2 Å². The molecule has 3 aliphatic heterocycles. The number of aromatic nitrogens is 2. The molecule has 3 aromatic rings. The first kappa shape index (κ1) is 39.5. The van der Waals surface area contributed by atoms with Crippen LogP contribution in [0.25, 0.3) is 0 Å². The molecular formula is C42H52BF3N6O5. The van der Waals surface area contributed by atoms with Gasteiger partial charge in [0.2, 0.25) is 11.8 Å². The molecule has 2 amide bonds. The Bertz CT molecular complexity index is 2080. The zero-order valence-electron chi connectivity index (χ0n) is 33.3. The van der Waals surface area contributed by atoms with Gasteiger partial charge >= 0.3 is 13.3 Å². The van der Waals surface area contributed by atoms with Crippen LogP contribution in [0.4, 0.5) is 24.5 Å². The van der Waals surface area contributed by atoms with Crippen molar-refractivity contribution in [1.82, 2.24) is 19.8 Å². The number of carbonyl (C=O) groups is 2. The monoisotopic (exact) mass is 788 g/mol. The van der Waals surface area contributed by atoms with Gasteiger partial charge in [0, 0.05) is 50.2 Å². The molecular weight excluding hydrogens is 736 g/mol. The molecule has 11 nitrogen and oxygen atoms in total. The molecule has 7 atom stereocenters. The average molecular weight is 789 g/mol. The summed E-state index contributed by atoms with van der Waals surface area (Å²) < 4.78 is 54.9. The molecule has 4 heterocycles. The fourth-order valence-electron chi connectivity index (χ4n) is 10.4. The molecule has 0 radical (unpaired) electrons. The van der Waals surface area contributed by atoms with Gasteiger partial charge in [0.15, 0.2) is 0 Å². The van der Waals surface area contributed by atoms with E-state index in [9.17, 15) is 27.6 Å². The van der Waals surface area contributed by atoms with Gasteiger partial charge in [-0.15, -0.1) is 0 Å². The Labute approximate surface area is 331 Å². The number of hydrogen-bond donors (Lipinski definition) is 2. The molecule has 0 unspecified atom stereocenters. The van der Waals surface area contributed by atoms with Crippen LogP contribution in [0.15, 0.2) is 65.6 Å². The summed E-state index contributed by atoms with van der Waals surface area (Å²) >= 11 is 0. The fraction of sp³-hybridized carbons (Fsp3) is 0.571. The minimum atomic E-state index is -4.51. The van der Waals surface area contributed by atoms with Crippen molar-refractivity contribution in [1.29, 1.82) is 0 Å². The van der Waals surface area contributed by atoms with Crippen LogP contribution in [0.5, 0.6) is 0 Å². The Kier molecular flexibility index (Phi) is 10.0. The number of nitrogens with zero attached hydrogens (tertiary/aromatic N) is 4. The summed E-state index contributed by atoms with van der Waals surface area (Å²) in [7, 11) is -0.664. The maximum atomic E-state index is 14.5. The van der Waals surface area contributed by atoms with Gasteiger partial charge in [-0.1, -0.05) is 58.0 Å². The highest BCUT2D eigenvalue weighted by molar-refractivity contribution is 6.47. The average Bonchev–Trinajstić information content (AvgIpc) is 3.70. The highest BCUT2D eigenvalue weighted by atomic mass is 19.4. The maximum Gasteiger partial charge on any atom is 0.481 e. The van der Waals surface area contributed by atoms with Crippen LogP contribution in [0, 0.1) is 17.3 Å². The third-order valence-electron chi connectivity index (χ3n) is 13.9. The van der Waals surface area contributed by atoms with Crippen LogP contribution in [0.3, 0.4) is 0 Å². The van der Waals surface area contributed by atoms with Gasteiger partial charge in [-0.3, -0.25) is 19.0 Å². The molecule has 2 bridgehead atoms. The summed E-state index contributed by atoms with van der Waals surface area (Å²) in [4.78, 5) is 51.6. The molecule has 6 aliphatic rings. The van der Waals surface area contributed by atoms with Gasteiger partial charge in [0.05, 0.1) is 29.4 Å². The first-order valence-electron chi connectivity index (χ1n) is 20.3. The number of anilines is 2. The largest absolute Gasteiger partial charge is 0.481 e. The van der Waals surface area contributed by atoms with Gasteiger partial charge in [0.1, 0.15) is 17.6 Å². The molecule has 304 valence electrons. The smallest absolute Gasteiger partial charge is 0.404 e. The van der Waals surface area contributed by atoms with Crippen LogP contribution < -0.4 is 21.1 Å². The van der Waals surface area contributed by atoms with Crippen LogP contribution in [-0.4, -0.2) is 77.2 Å². The molecule has 5 fully saturated rings. The molecule has 57 heavy (non-hydrogen) atoms. The van der Waals surface area contributed by atoms with E-state index in [1.165, 1.54) is 22.9 Å². The van der Waals surface area contributed by atoms with Crippen LogP contribution in [-0.2, 0) is 37.0 Å². The van der Waals surface area contributed by atoms with Gasteiger partial charge in [-0.25, -0.2) is 4.98 Å². The molecule has 15 heteroatoms. The van der Waals surface area contributed by atoms with E-state index in [1.807, 2.05) is 36.9 Å². The number of halogens is 3. The third-order valence-corrected chi connectivity index (χ3v) is 13.9. The SMILES string of the molecule is CC[C@H](NC(=O)[C@@H]1C[C@@](C)(CC(=O)N2CCN(c3ccccc3)CC2)c2ncc(NCc3cccc(C(F)(F)F)c3)c(=O)n21)B1O[C@@H]2C[C@@H]3C[C@@H](C3(C)C)[C@]2(C)O1. The Morgan fingerprint density at radius 2 is 1.75 bits per heavy atom. The summed E-state index contributed by atoms with van der Waals surface area (Å²) in [5.74, 6) is 0.234. The Hall–Kier alpha value is -4.37. The number of carbonyl (C=O) groups excluding carboxylic acids is 2. The second-order valence-corrected chi connectivity index (χ2v) is 17.7. The minimum Gasteiger partial charge on any atom is -0.404 e. The van der Waals surface area contributed by atoms with Crippen molar-refractivity contribution in [2.24, 2.45) is 17.3 Å². The van der Waals surface area contributed by atoms with Gasteiger partial charge in [0.25, 0.3) is 5.56 Å². The minimum absolute atomic E-state index is 0.0367. The van der Waals surface area contributed by atoms with Crippen molar-refractivity contribution in [3.63, 3.8) is 0 Å². The number of fused-ring (bicyclic) bond motifs is 1. The van der Waals surface area contributed by atoms with E-state index in [4.69, 9.17) is 14.3 Å². The zero-order valence-corrected chi connectivity index (χ0v) is 33.3. The maximum absolute atomic E-state index is 14.5. The molecule has 2 aromatic carbocycles. The number of amides is 2. The number of nitrogens with one attached hydrogen (secondary N) is 2. The van der Waals surface area contributed by atoms with E-state index in [0.29, 0.717) is 55.8 Å².